The summed E-state index contributed by atoms with van der Waals surface area (Å²) in [5.41, 5.74) is -1.17. The van der Waals surface area contributed by atoms with Crippen LogP contribution < -0.4 is 0 Å². The minimum atomic E-state index is -1.24. The van der Waals surface area contributed by atoms with Crippen molar-refractivity contribution in [3.63, 3.8) is 0 Å². The van der Waals surface area contributed by atoms with Crippen molar-refractivity contribution in [2.75, 3.05) is 13.1 Å². The molecule has 3 aliphatic heterocycles. The van der Waals surface area contributed by atoms with Crippen molar-refractivity contribution >= 4 is 11.9 Å². The van der Waals surface area contributed by atoms with Crippen LogP contribution in [0.5, 0.6) is 0 Å². The minimum Gasteiger partial charge on any atom is -0.460 e. The molecule has 3 fully saturated rings. The van der Waals surface area contributed by atoms with Crippen molar-refractivity contribution in [2.24, 2.45) is 5.92 Å². The molecule has 140 valence electrons. The van der Waals surface area contributed by atoms with Gasteiger partial charge in [0, 0.05) is 18.7 Å². The molecule has 3 heterocycles. The molecule has 6 heteroatoms. The summed E-state index contributed by atoms with van der Waals surface area (Å²) in [6.45, 7) is 8.95. The number of hydrogen-bond donors (Lipinski definition) is 1. The highest BCUT2D eigenvalue weighted by atomic mass is 16.6. The maximum absolute atomic E-state index is 12.7. The third-order valence-electron chi connectivity index (χ3n) is 6.53. The summed E-state index contributed by atoms with van der Waals surface area (Å²) in [6, 6.07) is 0. The van der Waals surface area contributed by atoms with Crippen LogP contribution in [0.4, 0.5) is 0 Å². The Morgan fingerprint density at radius 3 is 2.36 bits per heavy atom. The van der Waals surface area contributed by atoms with Gasteiger partial charge in [0.15, 0.2) is 0 Å². The van der Waals surface area contributed by atoms with E-state index in [-0.39, 0.29) is 36.5 Å². The lowest BCUT2D eigenvalue weighted by Gasteiger charge is -2.39. The second-order valence-electron chi connectivity index (χ2n) is 8.12. The molecular formula is C19H29NO5. The first-order valence-corrected chi connectivity index (χ1v) is 9.21. The Labute approximate surface area is 149 Å². The Bertz CT molecular complexity index is 599. The molecule has 5 atom stereocenters. The normalized spacial score (nSPS) is 44.7. The lowest BCUT2D eigenvalue weighted by molar-refractivity contribution is -0.167. The van der Waals surface area contributed by atoms with Crippen LogP contribution in [-0.4, -0.2) is 58.4 Å². The molecule has 0 aromatic rings. The summed E-state index contributed by atoms with van der Waals surface area (Å²) in [7, 11) is 0. The van der Waals surface area contributed by atoms with Gasteiger partial charge >= 0.3 is 11.9 Å². The van der Waals surface area contributed by atoms with E-state index < -0.39 is 11.1 Å². The van der Waals surface area contributed by atoms with Crippen molar-refractivity contribution in [3.05, 3.63) is 11.6 Å². The van der Waals surface area contributed by atoms with Crippen molar-refractivity contribution < 1.29 is 24.2 Å². The molecule has 0 saturated carbocycles. The molecule has 0 aliphatic carbocycles. The summed E-state index contributed by atoms with van der Waals surface area (Å²) in [6.07, 6.45) is 2.92. The summed E-state index contributed by atoms with van der Waals surface area (Å²) >= 11 is 0. The maximum Gasteiger partial charge on any atom is 0.334 e. The lowest BCUT2D eigenvalue weighted by atomic mass is 9.82. The zero-order valence-electron chi connectivity index (χ0n) is 15.6. The van der Waals surface area contributed by atoms with Crippen molar-refractivity contribution in [2.45, 2.75) is 76.7 Å². The first-order chi connectivity index (χ1) is 11.7. The van der Waals surface area contributed by atoms with E-state index in [2.05, 4.69) is 4.90 Å². The third-order valence-corrected chi connectivity index (χ3v) is 6.53. The predicted molar refractivity (Wildman–Crippen MR) is 91.8 cm³/mol. The van der Waals surface area contributed by atoms with E-state index >= 15 is 0 Å². The van der Waals surface area contributed by atoms with E-state index in [0.29, 0.717) is 12.0 Å². The summed E-state index contributed by atoms with van der Waals surface area (Å²) < 4.78 is 11.6. The summed E-state index contributed by atoms with van der Waals surface area (Å²) in [5.74, 6) is -0.978. The number of carbonyl (C=O) groups excluding carboxylic acids is 2. The zero-order chi connectivity index (χ0) is 18.4. The van der Waals surface area contributed by atoms with Crippen LogP contribution in [0.3, 0.4) is 0 Å². The number of rotatable bonds is 0. The van der Waals surface area contributed by atoms with Crippen LogP contribution in [-0.2, 0) is 19.1 Å². The number of ether oxygens (including phenoxy) is 2. The molecule has 0 aromatic heterocycles. The number of aliphatic hydroxyl groups is 1. The molecule has 3 saturated heterocycles. The fraction of sp³-hybridized carbons (Fsp3) is 0.789. The predicted octanol–water partition coefficient (Wildman–Crippen LogP) is 1.81. The number of carbonyl (C=O) groups is 2. The van der Waals surface area contributed by atoms with Gasteiger partial charge in [-0.25, -0.2) is 4.79 Å². The Morgan fingerprint density at radius 2 is 1.76 bits per heavy atom. The first-order valence-electron chi connectivity index (χ1n) is 9.21. The van der Waals surface area contributed by atoms with Crippen LogP contribution >= 0.6 is 0 Å². The fourth-order valence-electron chi connectivity index (χ4n) is 4.44. The Morgan fingerprint density at radius 1 is 1.16 bits per heavy atom. The average molecular weight is 351 g/mol. The van der Waals surface area contributed by atoms with Gasteiger partial charge in [-0.15, -0.1) is 0 Å². The number of nitrogens with zero attached hydrogens (tertiary/aromatic N) is 1. The molecule has 1 N–H and O–H groups in total. The van der Waals surface area contributed by atoms with Gasteiger partial charge in [0.2, 0.25) is 0 Å². The molecule has 0 amide bonds. The minimum absolute atomic E-state index is 0.0720. The molecular weight excluding hydrogens is 322 g/mol. The maximum atomic E-state index is 12.7. The summed E-state index contributed by atoms with van der Waals surface area (Å²) in [4.78, 5) is 27.4. The second-order valence-corrected chi connectivity index (χ2v) is 8.12. The third kappa shape index (κ3) is 3.10. The van der Waals surface area contributed by atoms with E-state index in [1.54, 1.807) is 19.9 Å². The van der Waals surface area contributed by atoms with Crippen LogP contribution in [0.15, 0.2) is 11.6 Å². The highest BCUT2D eigenvalue weighted by Crippen LogP contribution is 2.43. The molecule has 0 bridgehead atoms. The van der Waals surface area contributed by atoms with E-state index in [1.165, 1.54) is 0 Å². The second kappa shape index (κ2) is 6.40. The lowest BCUT2D eigenvalue weighted by Crippen LogP contribution is -2.54. The number of hydrogen-bond acceptors (Lipinski definition) is 6. The van der Waals surface area contributed by atoms with Crippen LogP contribution in [0.25, 0.3) is 0 Å². The Balaban J connectivity index is 1.95. The van der Waals surface area contributed by atoms with Gasteiger partial charge in [-0.3, -0.25) is 9.69 Å². The smallest absolute Gasteiger partial charge is 0.334 e. The summed E-state index contributed by atoms with van der Waals surface area (Å²) in [5, 5.41) is 10.7. The molecule has 0 radical (unpaired) electrons. The van der Waals surface area contributed by atoms with Gasteiger partial charge in [0.05, 0.1) is 17.6 Å². The number of esters is 2. The molecule has 0 aromatic carbocycles. The van der Waals surface area contributed by atoms with Gasteiger partial charge in [-0.05, 0) is 46.0 Å². The average Bonchev–Trinajstić information content (AvgIpc) is 3.00. The van der Waals surface area contributed by atoms with Gasteiger partial charge in [0.1, 0.15) is 12.2 Å². The first kappa shape index (κ1) is 18.4. The van der Waals surface area contributed by atoms with E-state index in [9.17, 15) is 14.7 Å². The Hall–Kier alpha value is -1.40. The van der Waals surface area contributed by atoms with Crippen molar-refractivity contribution in [3.8, 4) is 0 Å². The van der Waals surface area contributed by atoms with Gasteiger partial charge in [-0.2, -0.15) is 0 Å². The SMILES string of the molecule is C/C=C1/C[C@H](C)[C@](C)(O)CC(=O)O[C@H]2CCN3CC[C@@H](OC1=O)[C@@]23C. The molecule has 3 aliphatic rings. The molecule has 25 heavy (non-hydrogen) atoms. The van der Waals surface area contributed by atoms with E-state index in [0.717, 1.165) is 25.9 Å². The molecule has 0 unspecified atom stereocenters. The monoisotopic (exact) mass is 351 g/mol. The van der Waals surface area contributed by atoms with Gasteiger partial charge < -0.3 is 14.6 Å². The number of allylic oxidation sites excluding steroid dienone is 1. The molecule has 6 nitrogen and oxygen atoms in total. The van der Waals surface area contributed by atoms with Crippen molar-refractivity contribution in [1.82, 2.24) is 4.90 Å². The van der Waals surface area contributed by atoms with E-state index in [1.807, 2.05) is 13.8 Å². The quantitative estimate of drug-likeness (QED) is 0.530. The fourth-order valence-corrected chi connectivity index (χ4v) is 4.44. The van der Waals surface area contributed by atoms with Gasteiger partial charge in [-0.1, -0.05) is 13.0 Å². The highest BCUT2D eigenvalue weighted by Gasteiger charge is 2.58. The van der Waals surface area contributed by atoms with E-state index in [4.69, 9.17) is 9.47 Å². The highest BCUT2D eigenvalue weighted by molar-refractivity contribution is 5.88. The van der Waals surface area contributed by atoms with Crippen LogP contribution in [0.2, 0.25) is 0 Å². The standard InChI is InChI=1S/C19H29NO5/c1-5-13-10-12(2)18(3,23)11-16(21)24-14-6-8-20-9-7-15(19(14,20)4)25-17(13)22/h5,12,14-15,23H,6-11H2,1-4H3/b13-5-/t12-,14-,15+,18+,19+/m0/s1. The van der Waals surface area contributed by atoms with Crippen molar-refractivity contribution in [1.29, 1.82) is 0 Å². The topological polar surface area (TPSA) is 76.1 Å². The molecule has 3 rings (SSSR count). The van der Waals surface area contributed by atoms with Gasteiger partial charge in [0.25, 0.3) is 0 Å². The Kier molecular flexibility index (Phi) is 4.71. The molecule has 0 spiro atoms. The van der Waals surface area contributed by atoms with Crippen LogP contribution in [0.1, 0.15) is 53.4 Å². The zero-order valence-corrected chi connectivity index (χ0v) is 15.6. The van der Waals surface area contributed by atoms with Crippen LogP contribution in [0, 0.1) is 5.92 Å². The largest absolute Gasteiger partial charge is 0.460 e.